The maximum Gasteiger partial charge on any atom is 0.149 e. The third-order valence-electron chi connectivity index (χ3n) is 12.7. The smallest absolute Gasteiger partial charge is 0.149 e. The number of nitrogens with zero attached hydrogens (tertiary/aromatic N) is 3. The minimum atomic E-state index is -4.50. The van der Waals surface area contributed by atoms with Crippen molar-refractivity contribution >= 4 is 11.0 Å². The minimum Gasteiger partial charge on any atom is -0.507 e. The van der Waals surface area contributed by atoms with Crippen LogP contribution in [0.25, 0.3) is 83.9 Å². The molecular formula is C69H75N3O. The Morgan fingerprint density at radius 1 is 0.521 bits per heavy atom. The van der Waals surface area contributed by atoms with Crippen molar-refractivity contribution in [3.63, 3.8) is 0 Å². The largest absolute Gasteiger partial charge is 0.507 e. The van der Waals surface area contributed by atoms with Gasteiger partial charge in [-0.05, 0) is 132 Å². The van der Waals surface area contributed by atoms with Gasteiger partial charge in [-0.1, -0.05) is 213 Å². The second kappa shape index (κ2) is 18.8. The van der Waals surface area contributed by atoms with Gasteiger partial charge in [0.25, 0.3) is 0 Å². The molecule has 0 radical (unpaired) electrons. The zero-order valence-corrected chi connectivity index (χ0v) is 42.6. The first kappa shape index (κ1) is 29.0. The average molecular weight is 987 g/mol. The Labute approximate surface area is 470 Å². The first-order valence-corrected chi connectivity index (χ1v) is 24.1. The van der Waals surface area contributed by atoms with Crippen LogP contribution in [0.15, 0.2) is 164 Å². The first-order chi connectivity index (χ1) is 44.2. The molecule has 9 aromatic rings. The molecule has 372 valence electrons. The van der Waals surface area contributed by atoms with Gasteiger partial charge in [-0.15, -0.1) is 0 Å². The predicted molar refractivity (Wildman–Crippen MR) is 311 cm³/mol. The van der Waals surface area contributed by atoms with Gasteiger partial charge in [0.2, 0.25) is 0 Å². The molecule has 0 fully saturated rings. The number of imidazole rings is 1. The summed E-state index contributed by atoms with van der Waals surface area (Å²) in [6, 6.07) is 34.4. The molecule has 9 rings (SSSR count). The molecule has 0 aliphatic carbocycles. The van der Waals surface area contributed by atoms with Gasteiger partial charge in [0, 0.05) is 61.4 Å². The summed E-state index contributed by atoms with van der Waals surface area (Å²) < 4.78 is 219. The molecule has 0 saturated carbocycles. The SMILES string of the molecule is [2H]c1cc(C([2H])([2H])C(C)(C)C)cc([2H])c1-c1ccnc(-c2cc(-c3cccc4c3nc(-c3c([2H])c(C(C([2H])([2H])[2H])(C([2H])([2H])[2H])C([2H])([2H])[2H])c([2H])c(C(C([2H])([2H])[2H])(C([2H])([2H])[2H])C([2H])([2H])[2H])c3O)n4-c3c(-c4ccccc4)cc(C(C)(C)C)cc3-c3ccccc3)cc(C(C)(C)C)c2)c1. The van der Waals surface area contributed by atoms with Crippen molar-refractivity contribution in [1.29, 1.82) is 0 Å². The van der Waals surface area contributed by atoms with Crippen LogP contribution >= 0.6 is 0 Å². The topological polar surface area (TPSA) is 50.9 Å². The van der Waals surface area contributed by atoms with Crippen LogP contribution in [0.1, 0.15) is 164 Å². The second-order valence-electron chi connectivity index (χ2n) is 21.8. The van der Waals surface area contributed by atoms with E-state index in [2.05, 4.69) is 0 Å². The van der Waals surface area contributed by atoms with Crippen LogP contribution in [0, 0.1) is 5.41 Å². The van der Waals surface area contributed by atoms with Crippen molar-refractivity contribution in [2.45, 2.75) is 131 Å². The van der Waals surface area contributed by atoms with E-state index in [1.165, 1.54) is 22.9 Å². The Balaban J connectivity index is 1.56. The number of rotatable bonds is 8. The van der Waals surface area contributed by atoms with E-state index in [1.807, 2.05) is 65.8 Å². The highest BCUT2D eigenvalue weighted by Gasteiger charge is 2.31. The van der Waals surface area contributed by atoms with Crippen LogP contribution in [-0.2, 0) is 28.0 Å². The van der Waals surface area contributed by atoms with E-state index in [1.54, 1.807) is 118 Å². The normalized spacial score (nSPS) is 18.8. The summed E-state index contributed by atoms with van der Waals surface area (Å²) in [7, 11) is 0. The van der Waals surface area contributed by atoms with Crippen molar-refractivity contribution in [1.82, 2.24) is 14.5 Å². The van der Waals surface area contributed by atoms with Gasteiger partial charge in [0.05, 0.1) is 33.5 Å². The van der Waals surface area contributed by atoms with Crippen molar-refractivity contribution < 1.29 is 38.0 Å². The Bertz CT molecular complexity index is 4280. The fraction of sp³-hybridized carbons (Fsp3) is 0.304. The van der Waals surface area contributed by atoms with Gasteiger partial charge in [-0.2, -0.15) is 0 Å². The molecule has 2 aromatic heterocycles. The fourth-order valence-corrected chi connectivity index (χ4v) is 9.02. The monoisotopic (exact) mass is 986 g/mol. The van der Waals surface area contributed by atoms with Gasteiger partial charge in [-0.3, -0.25) is 9.55 Å². The third-order valence-corrected chi connectivity index (χ3v) is 12.7. The second-order valence-corrected chi connectivity index (χ2v) is 21.8. The summed E-state index contributed by atoms with van der Waals surface area (Å²) in [5.41, 5.74) is -10.2. The molecule has 0 saturated heterocycles. The summed E-state index contributed by atoms with van der Waals surface area (Å²) in [6.07, 6.45) is -0.398. The Morgan fingerprint density at radius 3 is 1.68 bits per heavy atom. The fourth-order valence-electron chi connectivity index (χ4n) is 9.02. The number of para-hydroxylation sites is 1. The summed E-state index contributed by atoms with van der Waals surface area (Å²) in [5, 5.41) is 13.5. The number of benzene rings is 7. The van der Waals surface area contributed by atoms with Crippen molar-refractivity contribution in [2.75, 3.05) is 0 Å². The molecule has 1 N–H and O–H groups in total. The summed E-state index contributed by atoms with van der Waals surface area (Å²) >= 11 is 0. The van der Waals surface area contributed by atoms with Crippen molar-refractivity contribution in [2.24, 2.45) is 5.41 Å². The maximum absolute atomic E-state index is 13.5. The Morgan fingerprint density at radius 2 is 1.11 bits per heavy atom. The van der Waals surface area contributed by atoms with Crippen LogP contribution < -0.4 is 0 Å². The van der Waals surface area contributed by atoms with Gasteiger partial charge >= 0.3 is 0 Å². The van der Waals surface area contributed by atoms with Gasteiger partial charge in [0.15, 0.2) is 0 Å². The summed E-state index contributed by atoms with van der Waals surface area (Å²) in [6.45, 7) is -9.28. The van der Waals surface area contributed by atoms with Crippen LogP contribution in [0.5, 0.6) is 5.75 Å². The molecule has 0 spiro atoms. The van der Waals surface area contributed by atoms with E-state index in [-0.39, 0.29) is 45.5 Å². The van der Waals surface area contributed by atoms with Crippen LogP contribution in [0.2, 0.25) is 0 Å². The standard InChI is InChI=1S/C69H75N3O/c1-65(2,3)43-44-29-31-45(32-30-44)48-33-34-70-59(38-48)50-35-49(36-51(37-50)66(4,5)6)54-27-22-28-60-61(54)71-64(57-41-53(68(10,11)12)42-58(63(57)73)69(13,14)15)72(60)62-55(46-23-18-16-19-24-46)39-52(67(7,8)9)40-56(62)47-25-20-17-21-26-47/h16-42,73H,43H2,1-15H3/i10D3,11D3,12D3,13D3,14D3,15D3,31D,32D,41D,42D,43D2. The number of phenolic OH excluding ortho intramolecular Hbond substituents is 1. The molecule has 0 bridgehead atoms. The minimum absolute atomic E-state index is 0.0265. The van der Waals surface area contributed by atoms with E-state index in [4.69, 9.17) is 37.4 Å². The lowest BCUT2D eigenvalue weighted by atomic mass is 9.78. The van der Waals surface area contributed by atoms with Gasteiger partial charge in [-0.25, -0.2) is 4.98 Å². The quantitative estimate of drug-likeness (QED) is 0.165. The first-order valence-electron chi connectivity index (χ1n) is 36.1. The van der Waals surface area contributed by atoms with Crippen LogP contribution in [0.4, 0.5) is 0 Å². The number of aromatic hydroxyl groups is 1. The number of pyridine rings is 1. The lowest BCUT2D eigenvalue weighted by molar-refractivity contribution is 0.411. The molecular weight excluding hydrogens is 887 g/mol. The highest BCUT2D eigenvalue weighted by molar-refractivity contribution is 6.00. The molecule has 0 atom stereocenters. The molecule has 4 nitrogen and oxygen atoms in total. The lowest BCUT2D eigenvalue weighted by Gasteiger charge is -2.28. The molecule has 0 aliphatic heterocycles. The number of fused-ring (bicyclic) bond motifs is 1. The summed E-state index contributed by atoms with van der Waals surface area (Å²) in [4.78, 5) is 10.0. The predicted octanol–water partition coefficient (Wildman–Crippen LogP) is 18.9. The zero-order valence-electron chi connectivity index (χ0n) is 66.6. The molecule has 0 amide bonds. The maximum atomic E-state index is 13.5. The lowest BCUT2D eigenvalue weighted by Crippen LogP contribution is -2.17. The molecule has 7 aromatic carbocycles. The number of phenols is 1. The molecule has 0 aliphatic rings. The molecule has 4 heteroatoms. The number of aromatic nitrogens is 3. The summed E-state index contributed by atoms with van der Waals surface area (Å²) in [5.74, 6) is -2.47. The zero-order chi connectivity index (χ0) is 72.7. The van der Waals surface area contributed by atoms with Crippen LogP contribution in [0.3, 0.4) is 0 Å². The average Bonchev–Trinajstić information content (AvgIpc) is 0.942. The molecule has 0 unspecified atom stereocenters. The highest BCUT2D eigenvalue weighted by atomic mass is 16.3. The highest BCUT2D eigenvalue weighted by Crippen LogP contribution is 2.48. The molecule has 2 heterocycles. The van der Waals surface area contributed by atoms with E-state index in [0.29, 0.717) is 50.2 Å². The van der Waals surface area contributed by atoms with Crippen LogP contribution in [-0.4, -0.2) is 19.6 Å². The van der Waals surface area contributed by atoms with E-state index < -0.39 is 115 Å². The van der Waals surface area contributed by atoms with Crippen molar-refractivity contribution in [3.05, 3.63) is 192 Å². The number of hydrogen-bond acceptors (Lipinski definition) is 3. The van der Waals surface area contributed by atoms with Crippen molar-refractivity contribution in [3.8, 4) is 78.6 Å². The van der Waals surface area contributed by atoms with Gasteiger partial charge < -0.3 is 5.11 Å². The number of hydrogen-bond donors (Lipinski definition) is 1. The van der Waals surface area contributed by atoms with Gasteiger partial charge in [0.1, 0.15) is 11.6 Å². The molecule has 73 heavy (non-hydrogen) atoms. The van der Waals surface area contributed by atoms with E-state index in [0.717, 1.165) is 5.56 Å². The Hall–Kier alpha value is -7.04. The van der Waals surface area contributed by atoms with E-state index >= 15 is 0 Å². The van der Waals surface area contributed by atoms with E-state index in [9.17, 15) is 10.6 Å². The third kappa shape index (κ3) is 10.6. The Kier molecular flexibility index (Phi) is 7.46.